The van der Waals surface area contributed by atoms with Gasteiger partial charge < -0.3 is 15.0 Å². The molecule has 1 aromatic rings. The minimum Gasteiger partial charge on any atom is -0.465 e. The first-order valence-corrected chi connectivity index (χ1v) is 8.24. The van der Waals surface area contributed by atoms with Gasteiger partial charge in [-0.15, -0.1) is 0 Å². The quantitative estimate of drug-likeness (QED) is 0.793. The summed E-state index contributed by atoms with van der Waals surface area (Å²) in [6.45, 7) is 3.69. The van der Waals surface area contributed by atoms with Crippen molar-refractivity contribution in [1.82, 2.24) is 10.2 Å². The molecule has 1 fully saturated rings. The SMILES string of the molecule is CCOC(=O)CNC(=O)[C@]1(C)CCC(=O)N1Cc1ccccc1Cl. The molecule has 24 heavy (non-hydrogen) atoms. The van der Waals surface area contributed by atoms with E-state index in [2.05, 4.69) is 5.32 Å². The second-order valence-corrected chi connectivity index (χ2v) is 6.24. The van der Waals surface area contributed by atoms with Gasteiger partial charge >= 0.3 is 5.97 Å². The highest BCUT2D eigenvalue weighted by Gasteiger charge is 2.47. The van der Waals surface area contributed by atoms with E-state index in [1.165, 1.54) is 4.90 Å². The van der Waals surface area contributed by atoms with E-state index in [4.69, 9.17) is 16.3 Å². The number of carbonyl (C=O) groups excluding carboxylic acids is 3. The molecule has 1 aliphatic rings. The third-order valence-corrected chi connectivity index (χ3v) is 4.57. The summed E-state index contributed by atoms with van der Waals surface area (Å²) in [4.78, 5) is 37.8. The zero-order valence-corrected chi connectivity index (χ0v) is 14.6. The van der Waals surface area contributed by atoms with Gasteiger partial charge in [0.2, 0.25) is 11.8 Å². The summed E-state index contributed by atoms with van der Waals surface area (Å²) in [7, 11) is 0. The number of rotatable bonds is 6. The average molecular weight is 353 g/mol. The molecule has 7 heteroatoms. The van der Waals surface area contributed by atoms with Crippen LogP contribution in [0.4, 0.5) is 0 Å². The molecule has 0 saturated carbocycles. The Morgan fingerprint density at radius 1 is 1.38 bits per heavy atom. The van der Waals surface area contributed by atoms with Crippen molar-refractivity contribution in [2.45, 2.75) is 38.8 Å². The summed E-state index contributed by atoms with van der Waals surface area (Å²) >= 11 is 6.16. The fourth-order valence-electron chi connectivity index (χ4n) is 2.75. The zero-order chi connectivity index (χ0) is 17.7. The number of amides is 2. The molecule has 0 aromatic heterocycles. The van der Waals surface area contributed by atoms with E-state index in [9.17, 15) is 14.4 Å². The van der Waals surface area contributed by atoms with Crippen molar-refractivity contribution in [3.63, 3.8) is 0 Å². The molecule has 2 amide bonds. The second-order valence-electron chi connectivity index (χ2n) is 5.83. The molecule has 0 aliphatic carbocycles. The second kappa shape index (κ2) is 7.66. The molecular weight excluding hydrogens is 332 g/mol. The largest absolute Gasteiger partial charge is 0.465 e. The maximum atomic E-state index is 12.6. The fourth-order valence-corrected chi connectivity index (χ4v) is 2.94. The lowest BCUT2D eigenvalue weighted by atomic mass is 9.97. The number of likely N-dealkylation sites (tertiary alicyclic amines) is 1. The number of nitrogens with zero attached hydrogens (tertiary/aromatic N) is 1. The lowest BCUT2D eigenvalue weighted by Crippen LogP contribution is -2.54. The van der Waals surface area contributed by atoms with Crippen LogP contribution < -0.4 is 5.32 Å². The maximum absolute atomic E-state index is 12.6. The Morgan fingerprint density at radius 2 is 2.08 bits per heavy atom. The van der Waals surface area contributed by atoms with Crippen molar-refractivity contribution < 1.29 is 19.1 Å². The Kier molecular flexibility index (Phi) is 5.83. The molecule has 2 rings (SSSR count). The minimum atomic E-state index is -1.01. The summed E-state index contributed by atoms with van der Waals surface area (Å²) in [6, 6.07) is 7.21. The molecule has 1 aliphatic heterocycles. The third kappa shape index (κ3) is 3.87. The average Bonchev–Trinajstić information content (AvgIpc) is 2.84. The molecule has 1 N–H and O–H groups in total. The molecule has 1 aromatic carbocycles. The Morgan fingerprint density at radius 3 is 2.75 bits per heavy atom. The molecule has 0 bridgehead atoms. The standard InChI is InChI=1S/C17H21ClN2O4/c1-3-24-15(22)10-19-16(23)17(2)9-8-14(21)20(17)11-12-6-4-5-7-13(12)18/h4-7H,3,8-11H2,1-2H3,(H,19,23)/t17-/m0/s1. The molecule has 6 nitrogen and oxygen atoms in total. The lowest BCUT2D eigenvalue weighted by molar-refractivity contribution is -0.146. The Hall–Kier alpha value is -2.08. The molecule has 130 valence electrons. The van der Waals surface area contributed by atoms with Crippen LogP contribution in [0, 0.1) is 0 Å². The lowest BCUT2D eigenvalue weighted by Gasteiger charge is -2.34. The van der Waals surface area contributed by atoms with Gasteiger partial charge in [0.05, 0.1) is 6.61 Å². The highest BCUT2D eigenvalue weighted by molar-refractivity contribution is 6.31. The molecule has 1 atom stereocenters. The predicted octanol–water partition coefficient (Wildman–Crippen LogP) is 1.90. The van der Waals surface area contributed by atoms with Gasteiger partial charge in [0, 0.05) is 18.0 Å². The van der Waals surface area contributed by atoms with Gasteiger partial charge in [-0.2, -0.15) is 0 Å². The highest BCUT2D eigenvalue weighted by Crippen LogP contribution is 2.33. The maximum Gasteiger partial charge on any atom is 0.325 e. The van der Waals surface area contributed by atoms with Crippen LogP contribution in [0.15, 0.2) is 24.3 Å². The third-order valence-electron chi connectivity index (χ3n) is 4.20. The normalized spacial score (nSPS) is 20.1. The van der Waals surface area contributed by atoms with Crippen LogP contribution >= 0.6 is 11.6 Å². The van der Waals surface area contributed by atoms with Crippen LogP contribution in [-0.4, -0.2) is 41.4 Å². The number of halogens is 1. The zero-order valence-electron chi connectivity index (χ0n) is 13.8. The number of ether oxygens (including phenoxy) is 1. The van der Waals surface area contributed by atoms with Gasteiger partial charge in [0.25, 0.3) is 0 Å². The van der Waals surface area contributed by atoms with Crippen LogP contribution in [0.1, 0.15) is 32.3 Å². The smallest absolute Gasteiger partial charge is 0.325 e. The van der Waals surface area contributed by atoms with Gasteiger partial charge in [-0.25, -0.2) is 0 Å². The van der Waals surface area contributed by atoms with Crippen molar-refractivity contribution in [1.29, 1.82) is 0 Å². The number of benzene rings is 1. The monoisotopic (exact) mass is 352 g/mol. The number of nitrogens with one attached hydrogen (secondary N) is 1. The first kappa shape index (κ1) is 18.3. The summed E-state index contributed by atoms with van der Waals surface area (Å²) < 4.78 is 4.80. The van der Waals surface area contributed by atoms with Crippen LogP contribution in [0.3, 0.4) is 0 Å². The van der Waals surface area contributed by atoms with Crippen molar-refractivity contribution in [3.05, 3.63) is 34.9 Å². The molecule has 0 unspecified atom stereocenters. The number of hydrogen-bond acceptors (Lipinski definition) is 4. The van der Waals surface area contributed by atoms with E-state index in [0.29, 0.717) is 11.4 Å². The van der Waals surface area contributed by atoms with E-state index >= 15 is 0 Å². The summed E-state index contributed by atoms with van der Waals surface area (Å²) in [5.74, 6) is -0.978. The number of esters is 1. The van der Waals surface area contributed by atoms with Crippen molar-refractivity contribution in [2.75, 3.05) is 13.2 Å². The van der Waals surface area contributed by atoms with E-state index in [1.54, 1.807) is 19.9 Å². The van der Waals surface area contributed by atoms with Crippen LogP contribution in [0.25, 0.3) is 0 Å². The van der Waals surface area contributed by atoms with Gasteiger partial charge in [-0.1, -0.05) is 29.8 Å². The van der Waals surface area contributed by atoms with E-state index in [0.717, 1.165) is 5.56 Å². The van der Waals surface area contributed by atoms with Crippen molar-refractivity contribution >= 4 is 29.4 Å². The molecule has 1 heterocycles. The summed E-state index contributed by atoms with van der Waals surface area (Å²) in [6.07, 6.45) is 0.679. The van der Waals surface area contributed by atoms with Crippen LogP contribution in [-0.2, 0) is 25.7 Å². The minimum absolute atomic E-state index is 0.108. The van der Waals surface area contributed by atoms with Crippen LogP contribution in [0.5, 0.6) is 0 Å². The summed E-state index contributed by atoms with van der Waals surface area (Å²) in [5.41, 5.74) is -0.234. The van der Waals surface area contributed by atoms with Crippen molar-refractivity contribution in [3.8, 4) is 0 Å². The first-order chi connectivity index (χ1) is 11.4. The number of hydrogen-bond donors (Lipinski definition) is 1. The summed E-state index contributed by atoms with van der Waals surface area (Å²) in [5, 5.41) is 3.11. The number of carbonyl (C=O) groups is 3. The highest BCUT2D eigenvalue weighted by atomic mass is 35.5. The van der Waals surface area contributed by atoms with Gasteiger partial charge in [0.15, 0.2) is 0 Å². The van der Waals surface area contributed by atoms with E-state index in [-0.39, 0.29) is 37.9 Å². The predicted molar refractivity (Wildman–Crippen MR) is 89.3 cm³/mol. The van der Waals surface area contributed by atoms with Crippen molar-refractivity contribution in [2.24, 2.45) is 0 Å². The molecular formula is C17H21ClN2O4. The van der Waals surface area contributed by atoms with E-state index < -0.39 is 11.5 Å². The Balaban J connectivity index is 2.11. The first-order valence-electron chi connectivity index (χ1n) is 7.86. The van der Waals surface area contributed by atoms with Gasteiger partial charge in [-0.05, 0) is 31.9 Å². The Bertz CT molecular complexity index is 649. The van der Waals surface area contributed by atoms with Gasteiger partial charge in [0.1, 0.15) is 12.1 Å². The van der Waals surface area contributed by atoms with Gasteiger partial charge in [-0.3, -0.25) is 14.4 Å². The fraction of sp³-hybridized carbons (Fsp3) is 0.471. The van der Waals surface area contributed by atoms with E-state index in [1.807, 2.05) is 18.2 Å². The topological polar surface area (TPSA) is 75.7 Å². The molecule has 1 saturated heterocycles. The molecule has 0 radical (unpaired) electrons. The van der Waals surface area contributed by atoms with Crippen LogP contribution in [0.2, 0.25) is 5.02 Å². The Labute approximate surface area is 146 Å². The molecule has 0 spiro atoms.